The highest BCUT2D eigenvalue weighted by molar-refractivity contribution is 8.55. The second-order valence-corrected chi connectivity index (χ2v) is 9.80. The van der Waals surface area contributed by atoms with Crippen LogP contribution in [0.15, 0.2) is 36.4 Å². The number of hydrogen-bond acceptors (Lipinski definition) is 4. The van der Waals surface area contributed by atoms with Crippen LogP contribution in [0.1, 0.15) is 29.2 Å². The van der Waals surface area contributed by atoms with Crippen LogP contribution in [0.5, 0.6) is 11.5 Å². The van der Waals surface area contributed by atoms with E-state index >= 15 is 0 Å². The molecule has 0 amide bonds. The van der Waals surface area contributed by atoms with Crippen molar-refractivity contribution < 1.29 is 13.6 Å². The fourth-order valence-corrected chi connectivity index (χ4v) is 5.37. The zero-order valence-electron chi connectivity index (χ0n) is 14.3. The smallest absolute Gasteiger partial charge is 0.408 e. The summed E-state index contributed by atoms with van der Waals surface area (Å²) < 4.78 is 24.8. The van der Waals surface area contributed by atoms with Gasteiger partial charge in [-0.05, 0) is 62.3 Å². The number of aryl methyl sites for hydroxylation is 4. The molecule has 124 valence electrons. The van der Waals surface area contributed by atoms with E-state index in [4.69, 9.17) is 9.05 Å². The molecule has 0 saturated carbocycles. The fraction of sp³-hybridized carbons (Fsp3) is 0.333. The Bertz CT molecular complexity index is 686. The summed E-state index contributed by atoms with van der Waals surface area (Å²) in [7, 11) is 0. The highest BCUT2D eigenvalue weighted by Gasteiger charge is 2.29. The standard InChI is InChI=1S/C18H23O3PS/c1-6-23-22(19,20-17-9-7-13(2)11-15(17)4)21-18-10-8-14(3)12-16(18)5/h7-12H,6H2,1-5H3. The molecule has 2 aromatic carbocycles. The molecule has 0 aromatic heterocycles. The molecule has 2 aromatic rings. The van der Waals surface area contributed by atoms with E-state index < -0.39 is 6.80 Å². The lowest BCUT2D eigenvalue weighted by molar-refractivity contribution is 0.405. The predicted octanol–water partition coefficient (Wildman–Crippen LogP) is 6.24. The summed E-state index contributed by atoms with van der Waals surface area (Å²) in [6.45, 7) is 6.53. The van der Waals surface area contributed by atoms with Crippen molar-refractivity contribution in [2.45, 2.75) is 34.6 Å². The molecule has 3 nitrogen and oxygen atoms in total. The van der Waals surface area contributed by atoms with Gasteiger partial charge in [-0.3, -0.25) is 0 Å². The van der Waals surface area contributed by atoms with E-state index in [2.05, 4.69) is 0 Å². The van der Waals surface area contributed by atoms with Gasteiger partial charge in [-0.2, -0.15) is 0 Å². The number of rotatable bonds is 6. The summed E-state index contributed by atoms with van der Waals surface area (Å²) in [6, 6.07) is 11.6. The van der Waals surface area contributed by atoms with Crippen LogP contribution in [0, 0.1) is 27.7 Å². The lowest BCUT2D eigenvalue weighted by Gasteiger charge is -2.21. The molecule has 0 radical (unpaired) electrons. The summed E-state index contributed by atoms with van der Waals surface area (Å²) in [5, 5.41) is 0. The highest BCUT2D eigenvalue weighted by Crippen LogP contribution is 2.60. The van der Waals surface area contributed by atoms with Gasteiger partial charge in [0.25, 0.3) is 0 Å². The Morgan fingerprint density at radius 1 is 0.870 bits per heavy atom. The molecule has 0 unspecified atom stereocenters. The van der Waals surface area contributed by atoms with Crippen molar-refractivity contribution in [3.63, 3.8) is 0 Å². The molecular weight excluding hydrogens is 327 g/mol. The van der Waals surface area contributed by atoms with E-state index in [1.807, 2.05) is 71.0 Å². The Kier molecular flexibility index (Phi) is 5.83. The molecule has 23 heavy (non-hydrogen) atoms. The largest absolute Gasteiger partial charge is 0.492 e. The Morgan fingerprint density at radius 2 is 1.30 bits per heavy atom. The summed E-state index contributed by atoms with van der Waals surface area (Å²) in [4.78, 5) is 0. The minimum atomic E-state index is -3.33. The van der Waals surface area contributed by atoms with Crippen LogP contribution in [0.2, 0.25) is 0 Å². The summed E-state index contributed by atoms with van der Waals surface area (Å²) in [6.07, 6.45) is 0. The molecule has 0 aliphatic carbocycles. The molecular formula is C18H23O3PS. The van der Waals surface area contributed by atoms with Gasteiger partial charge in [-0.15, -0.1) is 0 Å². The topological polar surface area (TPSA) is 35.5 Å². The predicted molar refractivity (Wildman–Crippen MR) is 98.8 cm³/mol. The first-order valence-corrected chi connectivity index (χ1v) is 10.7. The first-order valence-electron chi connectivity index (χ1n) is 7.61. The van der Waals surface area contributed by atoms with E-state index in [0.29, 0.717) is 17.3 Å². The van der Waals surface area contributed by atoms with E-state index in [9.17, 15) is 4.57 Å². The van der Waals surface area contributed by atoms with Crippen molar-refractivity contribution in [3.05, 3.63) is 58.7 Å². The average Bonchev–Trinajstić information content (AvgIpc) is 2.46. The van der Waals surface area contributed by atoms with E-state index in [0.717, 1.165) is 22.3 Å². The third kappa shape index (κ3) is 4.79. The number of hydrogen-bond donors (Lipinski definition) is 0. The van der Waals surface area contributed by atoms with Gasteiger partial charge in [0.15, 0.2) is 0 Å². The Balaban J connectivity index is 2.29. The van der Waals surface area contributed by atoms with Crippen molar-refractivity contribution in [1.29, 1.82) is 0 Å². The van der Waals surface area contributed by atoms with Crippen molar-refractivity contribution in [2.24, 2.45) is 0 Å². The van der Waals surface area contributed by atoms with Crippen LogP contribution in [0.4, 0.5) is 0 Å². The van der Waals surface area contributed by atoms with Crippen LogP contribution >= 0.6 is 18.2 Å². The molecule has 0 heterocycles. The second kappa shape index (κ2) is 7.46. The minimum absolute atomic E-state index is 0.602. The Labute approximate surface area is 142 Å². The maximum absolute atomic E-state index is 13.1. The molecule has 0 bridgehead atoms. The molecule has 0 spiro atoms. The minimum Gasteiger partial charge on any atom is -0.408 e. The maximum atomic E-state index is 13.1. The van der Waals surface area contributed by atoms with Gasteiger partial charge >= 0.3 is 6.80 Å². The van der Waals surface area contributed by atoms with E-state index in [-0.39, 0.29) is 0 Å². The van der Waals surface area contributed by atoms with Crippen LogP contribution in [0.3, 0.4) is 0 Å². The SMILES string of the molecule is CCSP(=O)(Oc1ccc(C)cc1C)Oc1ccc(C)cc1C. The molecule has 0 aliphatic heterocycles. The van der Waals surface area contributed by atoms with Gasteiger partial charge < -0.3 is 9.05 Å². The highest BCUT2D eigenvalue weighted by atomic mass is 32.7. The van der Waals surface area contributed by atoms with Crippen LogP contribution < -0.4 is 9.05 Å². The first-order chi connectivity index (χ1) is 10.8. The van der Waals surface area contributed by atoms with Gasteiger partial charge in [0.2, 0.25) is 0 Å². The molecule has 0 aliphatic rings. The molecule has 0 N–H and O–H groups in total. The van der Waals surface area contributed by atoms with Crippen LogP contribution in [-0.2, 0) is 4.57 Å². The van der Waals surface area contributed by atoms with Gasteiger partial charge in [-0.25, -0.2) is 4.57 Å². The van der Waals surface area contributed by atoms with E-state index in [1.54, 1.807) is 0 Å². The second-order valence-electron chi connectivity index (χ2n) is 5.59. The summed E-state index contributed by atoms with van der Waals surface area (Å²) >= 11 is 1.21. The van der Waals surface area contributed by atoms with Crippen molar-refractivity contribution in [1.82, 2.24) is 0 Å². The van der Waals surface area contributed by atoms with Crippen molar-refractivity contribution in [2.75, 3.05) is 5.75 Å². The van der Waals surface area contributed by atoms with Crippen LogP contribution in [-0.4, -0.2) is 5.75 Å². The Morgan fingerprint density at radius 3 is 1.65 bits per heavy atom. The fourth-order valence-electron chi connectivity index (χ4n) is 2.27. The zero-order chi connectivity index (χ0) is 17.0. The van der Waals surface area contributed by atoms with Crippen LogP contribution in [0.25, 0.3) is 0 Å². The lowest BCUT2D eigenvalue weighted by Crippen LogP contribution is -2.01. The lowest BCUT2D eigenvalue weighted by atomic mass is 10.1. The average molecular weight is 350 g/mol. The van der Waals surface area contributed by atoms with Gasteiger partial charge in [0, 0.05) is 5.75 Å². The quantitative estimate of drug-likeness (QED) is 0.578. The number of benzene rings is 2. The third-order valence-electron chi connectivity index (χ3n) is 3.37. The first kappa shape index (κ1) is 18.0. The maximum Gasteiger partial charge on any atom is 0.492 e. The summed E-state index contributed by atoms with van der Waals surface area (Å²) in [5.74, 6) is 1.85. The van der Waals surface area contributed by atoms with Gasteiger partial charge in [0.05, 0.1) is 0 Å². The Hall–Kier alpha value is -1.38. The third-order valence-corrected chi connectivity index (χ3v) is 6.95. The summed E-state index contributed by atoms with van der Waals surface area (Å²) in [5.41, 5.74) is 4.18. The van der Waals surface area contributed by atoms with Gasteiger partial charge in [-0.1, -0.05) is 42.3 Å². The van der Waals surface area contributed by atoms with Gasteiger partial charge in [0.1, 0.15) is 11.5 Å². The molecule has 0 saturated heterocycles. The normalized spacial score (nSPS) is 11.3. The molecule has 0 fully saturated rings. The monoisotopic (exact) mass is 350 g/mol. The van der Waals surface area contributed by atoms with Crippen molar-refractivity contribution in [3.8, 4) is 11.5 Å². The molecule has 2 rings (SSSR count). The molecule has 5 heteroatoms. The zero-order valence-corrected chi connectivity index (χ0v) is 16.0. The molecule has 0 atom stereocenters. The van der Waals surface area contributed by atoms with E-state index in [1.165, 1.54) is 11.4 Å². The van der Waals surface area contributed by atoms with Crippen molar-refractivity contribution >= 4 is 18.2 Å².